The molecule has 0 aliphatic carbocycles. The standard InChI is InChI=1S/C23H22O/c1-23(2,3)21-13-11-19(12-14-21)22(24)15-9-17-8-10-18-6-4-5-7-20(18)16-17/h4-16H,1-3H3/b15-9+. The van der Waals surface area contributed by atoms with Gasteiger partial charge in [-0.3, -0.25) is 4.79 Å². The first kappa shape index (κ1) is 16.2. The van der Waals surface area contributed by atoms with Crippen molar-refractivity contribution >= 4 is 22.6 Å². The number of carbonyl (C=O) groups excluding carboxylic acids is 1. The summed E-state index contributed by atoms with van der Waals surface area (Å²) in [7, 11) is 0. The van der Waals surface area contributed by atoms with Gasteiger partial charge in [0.05, 0.1) is 0 Å². The highest BCUT2D eigenvalue weighted by atomic mass is 16.1. The highest BCUT2D eigenvalue weighted by Crippen LogP contribution is 2.22. The van der Waals surface area contributed by atoms with Crippen molar-refractivity contribution in [2.75, 3.05) is 0 Å². The summed E-state index contributed by atoms with van der Waals surface area (Å²) in [6.07, 6.45) is 3.53. The molecule has 1 heteroatoms. The smallest absolute Gasteiger partial charge is 0.185 e. The van der Waals surface area contributed by atoms with E-state index >= 15 is 0 Å². The third-order valence-corrected chi connectivity index (χ3v) is 4.24. The average molecular weight is 314 g/mol. The number of carbonyl (C=O) groups is 1. The topological polar surface area (TPSA) is 17.1 Å². The predicted molar refractivity (Wildman–Crippen MR) is 102 cm³/mol. The fourth-order valence-corrected chi connectivity index (χ4v) is 2.71. The second-order valence-electron chi connectivity index (χ2n) is 7.13. The van der Waals surface area contributed by atoms with E-state index in [4.69, 9.17) is 0 Å². The van der Waals surface area contributed by atoms with Crippen molar-refractivity contribution in [2.24, 2.45) is 0 Å². The van der Waals surface area contributed by atoms with Crippen LogP contribution in [0.2, 0.25) is 0 Å². The third-order valence-electron chi connectivity index (χ3n) is 4.24. The lowest BCUT2D eigenvalue weighted by atomic mass is 9.86. The molecule has 3 aromatic carbocycles. The Morgan fingerprint density at radius 2 is 1.50 bits per heavy atom. The fourth-order valence-electron chi connectivity index (χ4n) is 2.71. The molecule has 0 amide bonds. The summed E-state index contributed by atoms with van der Waals surface area (Å²) in [6.45, 7) is 6.51. The number of rotatable bonds is 3. The van der Waals surface area contributed by atoms with Gasteiger partial charge in [0.1, 0.15) is 0 Å². The summed E-state index contributed by atoms with van der Waals surface area (Å²) in [5.41, 5.74) is 3.09. The van der Waals surface area contributed by atoms with Gasteiger partial charge in [-0.2, -0.15) is 0 Å². The Kier molecular flexibility index (Phi) is 4.35. The molecular weight excluding hydrogens is 292 g/mol. The van der Waals surface area contributed by atoms with Crippen LogP contribution in [0.1, 0.15) is 42.3 Å². The molecule has 24 heavy (non-hydrogen) atoms. The highest BCUT2D eigenvalue weighted by Gasteiger charge is 2.13. The van der Waals surface area contributed by atoms with Gasteiger partial charge >= 0.3 is 0 Å². The van der Waals surface area contributed by atoms with E-state index in [9.17, 15) is 4.79 Å². The van der Waals surface area contributed by atoms with Crippen LogP contribution in [-0.4, -0.2) is 5.78 Å². The van der Waals surface area contributed by atoms with Crippen molar-refractivity contribution in [3.8, 4) is 0 Å². The van der Waals surface area contributed by atoms with Crippen molar-refractivity contribution in [3.63, 3.8) is 0 Å². The molecule has 0 saturated heterocycles. The Balaban J connectivity index is 1.79. The van der Waals surface area contributed by atoms with Gasteiger partial charge in [-0.05, 0) is 39.5 Å². The summed E-state index contributed by atoms with van der Waals surface area (Å²) in [4.78, 5) is 12.4. The molecule has 0 spiro atoms. The first-order valence-corrected chi connectivity index (χ1v) is 8.25. The maximum absolute atomic E-state index is 12.4. The Hall–Kier alpha value is -2.67. The van der Waals surface area contributed by atoms with Crippen LogP contribution >= 0.6 is 0 Å². The number of hydrogen-bond donors (Lipinski definition) is 0. The second kappa shape index (κ2) is 6.45. The maximum Gasteiger partial charge on any atom is 0.185 e. The quantitative estimate of drug-likeness (QED) is 0.426. The predicted octanol–water partition coefficient (Wildman–Crippen LogP) is 6.03. The molecule has 0 aromatic heterocycles. The summed E-state index contributed by atoms with van der Waals surface area (Å²) in [5, 5.41) is 2.39. The molecule has 0 atom stereocenters. The SMILES string of the molecule is CC(C)(C)c1ccc(C(=O)/C=C/c2ccc3ccccc3c2)cc1. The van der Waals surface area contributed by atoms with Gasteiger partial charge in [0.25, 0.3) is 0 Å². The van der Waals surface area contributed by atoms with Crippen LogP contribution in [0, 0.1) is 0 Å². The molecule has 3 aromatic rings. The molecule has 0 heterocycles. The molecule has 1 nitrogen and oxygen atoms in total. The van der Waals surface area contributed by atoms with E-state index in [1.807, 2.05) is 48.5 Å². The van der Waals surface area contributed by atoms with Crippen molar-refractivity contribution < 1.29 is 4.79 Å². The van der Waals surface area contributed by atoms with Crippen molar-refractivity contribution in [1.29, 1.82) is 0 Å². The lowest BCUT2D eigenvalue weighted by molar-refractivity contribution is 0.104. The molecule has 0 fully saturated rings. The molecular formula is C23H22O. The van der Waals surface area contributed by atoms with E-state index in [0.29, 0.717) is 0 Å². The Bertz CT molecular complexity index is 893. The van der Waals surface area contributed by atoms with Crippen molar-refractivity contribution in [1.82, 2.24) is 0 Å². The summed E-state index contributed by atoms with van der Waals surface area (Å²) in [6, 6.07) is 22.3. The van der Waals surface area contributed by atoms with E-state index in [1.54, 1.807) is 6.08 Å². The van der Waals surface area contributed by atoms with E-state index in [0.717, 1.165) is 11.1 Å². The molecule has 3 rings (SSSR count). The number of hydrogen-bond acceptors (Lipinski definition) is 1. The molecule has 120 valence electrons. The zero-order valence-corrected chi connectivity index (χ0v) is 14.4. The molecule has 0 saturated carbocycles. The molecule has 0 radical (unpaired) electrons. The molecule has 0 aliphatic rings. The Labute approximate surface area is 143 Å². The normalized spacial score (nSPS) is 12.0. The zero-order chi connectivity index (χ0) is 17.2. The molecule has 0 N–H and O–H groups in total. The Morgan fingerprint density at radius 3 is 2.17 bits per heavy atom. The van der Waals surface area contributed by atoms with Crippen LogP contribution in [0.25, 0.3) is 16.8 Å². The minimum Gasteiger partial charge on any atom is -0.289 e. The van der Waals surface area contributed by atoms with Crippen molar-refractivity contribution in [3.05, 3.63) is 89.5 Å². The van der Waals surface area contributed by atoms with Gasteiger partial charge in [0, 0.05) is 5.56 Å². The van der Waals surface area contributed by atoms with Crippen LogP contribution in [0.3, 0.4) is 0 Å². The first-order valence-electron chi connectivity index (χ1n) is 8.25. The number of benzene rings is 3. The van der Waals surface area contributed by atoms with E-state index in [2.05, 4.69) is 45.0 Å². The van der Waals surface area contributed by atoms with Gasteiger partial charge in [-0.15, -0.1) is 0 Å². The monoisotopic (exact) mass is 314 g/mol. The fraction of sp³-hybridized carbons (Fsp3) is 0.174. The second-order valence-corrected chi connectivity index (χ2v) is 7.13. The minimum absolute atomic E-state index is 0.0311. The summed E-state index contributed by atoms with van der Waals surface area (Å²) >= 11 is 0. The summed E-state index contributed by atoms with van der Waals surface area (Å²) < 4.78 is 0. The first-order chi connectivity index (χ1) is 11.4. The van der Waals surface area contributed by atoms with E-state index in [-0.39, 0.29) is 11.2 Å². The van der Waals surface area contributed by atoms with Crippen molar-refractivity contribution in [2.45, 2.75) is 26.2 Å². The van der Waals surface area contributed by atoms with Gasteiger partial charge in [-0.25, -0.2) is 0 Å². The minimum atomic E-state index is 0.0311. The third kappa shape index (κ3) is 3.62. The Morgan fingerprint density at radius 1 is 0.833 bits per heavy atom. The van der Waals surface area contributed by atoms with Gasteiger partial charge < -0.3 is 0 Å². The van der Waals surface area contributed by atoms with Crippen LogP contribution < -0.4 is 0 Å². The van der Waals surface area contributed by atoms with Crippen LogP contribution in [0.5, 0.6) is 0 Å². The van der Waals surface area contributed by atoms with Crippen LogP contribution in [0.15, 0.2) is 72.8 Å². The molecule has 0 aliphatic heterocycles. The van der Waals surface area contributed by atoms with Gasteiger partial charge in [0.2, 0.25) is 0 Å². The molecule has 0 bridgehead atoms. The summed E-state index contributed by atoms with van der Waals surface area (Å²) in [5.74, 6) is 0.0311. The maximum atomic E-state index is 12.4. The van der Waals surface area contributed by atoms with E-state index < -0.39 is 0 Å². The highest BCUT2D eigenvalue weighted by molar-refractivity contribution is 6.07. The lowest BCUT2D eigenvalue weighted by Crippen LogP contribution is -2.11. The van der Waals surface area contributed by atoms with E-state index in [1.165, 1.54) is 16.3 Å². The van der Waals surface area contributed by atoms with Gasteiger partial charge in [-0.1, -0.05) is 87.5 Å². The zero-order valence-electron chi connectivity index (χ0n) is 14.4. The average Bonchev–Trinajstić information content (AvgIpc) is 2.59. The largest absolute Gasteiger partial charge is 0.289 e. The number of allylic oxidation sites excluding steroid dienone is 1. The molecule has 0 unspecified atom stereocenters. The van der Waals surface area contributed by atoms with Crippen LogP contribution in [-0.2, 0) is 5.41 Å². The van der Waals surface area contributed by atoms with Crippen LogP contribution in [0.4, 0.5) is 0 Å². The van der Waals surface area contributed by atoms with Gasteiger partial charge in [0.15, 0.2) is 5.78 Å². The number of fused-ring (bicyclic) bond motifs is 1. The lowest BCUT2D eigenvalue weighted by Gasteiger charge is -2.18. The number of ketones is 1.